The fourth-order valence-electron chi connectivity index (χ4n) is 1.98. The zero-order valence-electron chi connectivity index (χ0n) is 10.9. The standard InChI is InChI=1S/C14H18ClN3/c1-10-7-14(18(3)17-10)9-16-11(2)12-5-4-6-13(15)8-12/h4-8,11,16H,9H2,1-3H3/t11-/m1/s1. The van der Waals surface area contributed by atoms with E-state index < -0.39 is 0 Å². The minimum absolute atomic E-state index is 0.263. The molecule has 0 aliphatic rings. The Morgan fingerprint density at radius 3 is 2.78 bits per heavy atom. The molecule has 0 spiro atoms. The van der Waals surface area contributed by atoms with E-state index in [9.17, 15) is 0 Å². The summed E-state index contributed by atoms with van der Waals surface area (Å²) in [5, 5.41) is 8.58. The molecule has 0 radical (unpaired) electrons. The molecule has 0 aliphatic heterocycles. The van der Waals surface area contributed by atoms with Crippen LogP contribution in [0, 0.1) is 6.92 Å². The van der Waals surface area contributed by atoms with Gasteiger partial charge in [0, 0.05) is 24.7 Å². The number of halogens is 1. The molecule has 3 nitrogen and oxygen atoms in total. The highest BCUT2D eigenvalue weighted by atomic mass is 35.5. The van der Waals surface area contributed by atoms with E-state index in [-0.39, 0.29) is 6.04 Å². The summed E-state index contributed by atoms with van der Waals surface area (Å²) < 4.78 is 1.91. The maximum atomic E-state index is 5.99. The van der Waals surface area contributed by atoms with Crippen LogP contribution in [0.15, 0.2) is 30.3 Å². The topological polar surface area (TPSA) is 29.9 Å². The number of hydrogen-bond acceptors (Lipinski definition) is 2. The lowest BCUT2D eigenvalue weighted by Crippen LogP contribution is -2.19. The van der Waals surface area contributed by atoms with Gasteiger partial charge in [0.15, 0.2) is 0 Å². The lowest BCUT2D eigenvalue weighted by molar-refractivity contribution is 0.548. The predicted octanol–water partition coefficient (Wildman–Crippen LogP) is 3.23. The molecule has 0 aliphatic carbocycles. The molecule has 1 N–H and O–H groups in total. The summed E-state index contributed by atoms with van der Waals surface area (Å²) in [6, 6.07) is 10.3. The molecule has 0 amide bonds. The number of nitrogens with zero attached hydrogens (tertiary/aromatic N) is 2. The Morgan fingerprint density at radius 1 is 1.39 bits per heavy atom. The Morgan fingerprint density at radius 2 is 2.17 bits per heavy atom. The van der Waals surface area contributed by atoms with E-state index in [0.29, 0.717) is 0 Å². The van der Waals surface area contributed by atoms with Crippen LogP contribution < -0.4 is 5.32 Å². The zero-order valence-corrected chi connectivity index (χ0v) is 11.7. The second kappa shape index (κ2) is 5.55. The van der Waals surface area contributed by atoms with Crippen molar-refractivity contribution in [1.29, 1.82) is 0 Å². The number of nitrogens with one attached hydrogen (secondary N) is 1. The number of aromatic nitrogens is 2. The summed E-state index contributed by atoms with van der Waals surface area (Å²) >= 11 is 5.99. The van der Waals surface area contributed by atoms with Gasteiger partial charge in [0.05, 0.1) is 11.4 Å². The lowest BCUT2D eigenvalue weighted by Gasteiger charge is -2.14. The SMILES string of the molecule is Cc1cc(CN[C@H](C)c2cccc(Cl)c2)n(C)n1. The third-order valence-corrected chi connectivity index (χ3v) is 3.27. The summed E-state index contributed by atoms with van der Waals surface area (Å²) in [5.74, 6) is 0. The van der Waals surface area contributed by atoms with E-state index in [4.69, 9.17) is 11.6 Å². The predicted molar refractivity (Wildman–Crippen MR) is 74.7 cm³/mol. The lowest BCUT2D eigenvalue weighted by atomic mass is 10.1. The molecule has 96 valence electrons. The van der Waals surface area contributed by atoms with Gasteiger partial charge in [-0.1, -0.05) is 23.7 Å². The maximum absolute atomic E-state index is 5.99. The number of benzene rings is 1. The molecule has 1 atom stereocenters. The normalized spacial score (nSPS) is 12.7. The van der Waals surface area contributed by atoms with Crippen LogP contribution in [-0.4, -0.2) is 9.78 Å². The number of aryl methyl sites for hydroxylation is 2. The van der Waals surface area contributed by atoms with Gasteiger partial charge in [0.2, 0.25) is 0 Å². The molecule has 4 heteroatoms. The molecule has 0 fully saturated rings. The first kappa shape index (κ1) is 13.1. The van der Waals surface area contributed by atoms with Gasteiger partial charge in [0.25, 0.3) is 0 Å². The maximum Gasteiger partial charge on any atom is 0.0597 e. The van der Waals surface area contributed by atoms with Crippen LogP contribution in [0.4, 0.5) is 0 Å². The van der Waals surface area contributed by atoms with Gasteiger partial charge in [-0.25, -0.2) is 0 Å². The Balaban J connectivity index is 2.00. The molecule has 0 saturated carbocycles. The Labute approximate surface area is 113 Å². The Kier molecular flexibility index (Phi) is 4.04. The molecule has 2 rings (SSSR count). The highest BCUT2D eigenvalue weighted by molar-refractivity contribution is 6.30. The molecular weight excluding hydrogens is 246 g/mol. The quantitative estimate of drug-likeness (QED) is 0.918. The van der Waals surface area contributed by atoms with Crippen molar-refractivity contribution in [2.45, 2.75) is 26.4 Å². The fraction of sp³-hybridized carbons (Fsp3) is 0.357. The van der Waals surface area contributed by atoms with E-state index in [1.165, 1.54) is 11.3 Å². The van der Waals surface area contributed by atoms with Crippen LogP contribution in [0.3, 0.4) is 0 Å². The molecule has 1 aromatic carbocycles. The molecule has 0 bridgehead atoms. The van der Waals surface area contributed by atoms with Crippen LogP contribution in [0.1, 0.15) is 29.9 Å². The molecule has 2 aromatic rings. The molecule has 1 aromatic heterocycles. The second-order valence-corrected chi connectivity index (χ2v) is 4.99. The highest BCUT2D eigenvalue weighted by Gasteiger charge is 2.07. The second-order valence-electron chi connectivity index (χ2n) is 4.56. The van der Waals surface area contributed by atoms with Crippen molar-refractivity contribution in [3.63, 3.8) is 0 Å². The van der Waals surface area contributed by atoms with Crippen LogP contribution in [0.25, 0.3) is 0 Å². The first-order valence-corrected chi connectivity index (χ1v) is 6.42. The van der Waals surface area contributed by atoms with Crippen molar-refractivity contribution in [3.05, 3.63) is 52.3 Å². The molecule has 18 heavy (non-hydrogen) atoms. The third kappa shape index (κ3) is 3.12. The minimum atomic E-state index is 0.263. The average Bonchev–Trinajstić information content (AvgIpc) is 2.65. The number of hydrogen-bond donors (Lipinski definition) is 1. The summed E-state index contributed by atoms with van der Waals surface area (Å²) in [4.78, 5) is 0. The smallest absolute Gasteiger partial charge is 0.0597 e. The van der Waals surface area contributed by atoms with Crippen LogP contribution in [0.2, 0.25) is 5.02 Å². The van der Waals surface area contributed by atoms with Gasteiger partial charge >= 0.3 is 0 Å². The largest absolute Gasteiger partial charge is 0.305 e. The van der Waals surface area contributed by atoms with Crippen molar-refractivity contribution < 1.29 is 0 Å². The van der Waals surface area contributed by atoms with E-state index in [1.807, 2.05) is 36.9 Å². The van der Waals surface area contributed by atoms with Crippen molar-refractivity contribution in [3.8, 4) is 0 Å². The zero-order chi connectivity index (χ0) is 13.1. The van der Waals surface area contributed by atoms with Crippen LogP contribution >= 0.6 is 11.6 Å². The summed E-state index contributed by atoms with van der Waals surface area (Å²) in [7, 11) is 1.97. The van der Waals surface area contributed by atoms with E-state index in [0.717, 1.165) is 17.3 Å². The highest BCUT2D eigenvalue weighted by Crippen LogP contribution is 2.17. The van der Waals surface area contributed by atoms with Crippen LogP contribution in [0.5, 0.6) is 0 Å². The third-order valence-electron chi connectivity index (χ3n) is 3.04. The molecule has 1 heterocycles. The minimum Gasteiger partial charge on any atom is -0.305 e. The first-order chi connectivity index (χ1) is 8.56. The molecule has 0 unspecified atom stereocenters. The van der Waals surface area contributed by atoms with Gasteiger partial charge < -0.3 is 5.32 Å². The fourth-order valence-corrected chi connectivity index (χ4v) is 2.18. The monoisotopic (exact) mass is 263 g/mol. The Bertz CT molecular complexity index is 534. The van der Waals surface area contributed by atoms with Gasteiger partial charge in [-0.05, 0) is 37.6 Å². The van der Waals surface area contributed by atoms with Crippen molar-refractivity contribution in [2.75, 3.05) is 0 Å². The van der Waals surface area contributed by atoms with E-state index in [2.05, 4.69) is 29.5 Å². The van der Waals surface area contributed by atoms with Gasteiger partial charge in [-0.3, -0.25) is 4.68 Å². The van der Waals surface area contributed by atoms with Gasteiger partial charge in [-0.2, -0.15) is 5.10 Å². The van der Waals surface area contributed by atoms with Gasteiger partial charge in [-0.15, -0.1) is 0 Å². The number of rotatable bonds is 4. The van der Waals surface area contributed by atoms with Crippen LogP contribution in [-0.2, 0) is 13.6 Å². The van der Waals surface area contributed by atoms with E-state index in [1.54, 1.807) is 0 Å². The van der Waals surface area contributed by atoms with Crippen molar-refractivity contribution >= 4 is 11.6 Å². The summed E-state index contributed by atoms with van der Waals surface area (Å²) in [6.07, 6.45) is 0. The molecular formula is C14H18ClN3. The van der Waals surface area contributed by atoms with Crippen molar-refractivity contribution in [2.24, 2.45) is 7.05 Å². The molecule has 0 saturated heterocycles. The van der Waals surface area contributed by atoms with Crippen molar-refractivity contribution in [1.82, 2.24) is 15.1 Å². The average molecular weight is 264 g/mol. The van der Waals surface area contributed by atoms with Gasteiger partial charge in [0.1, 0.15) is 0 Å². The Hall–Kier alpha value is -1.32. The van der Waals surface area contributed by atoms with E-state index >= 15 is 0 Å². The first-order valence-electron chi connectivity index (χ1n) is 6.04. The summed E-state index contributed by atoms with van der Waals surface area (Å²) in [6.45, 7) is 4.93. The summed E-state index contributed by atoms with van der Waals surface area (Å²) in [5.41, 5.74) is 3.42.